The van der Waals surface area contributed by atoms with E-state index in [0.29, 0.717) is 36.1 Å². The third kappa shape index (κ3) is 6.17. The number of amides is 1. The first-order chi connectivity index (χ1) is 9.06. The molecule has 3 nitrogen and oxygen atoms in total. The molecule has 0 aromatic carbocycles. The molecule has 3 atom stereocenters. The zero-order valence-electron chi connectivity index (χ0n) is 12.7. The standard InChI is InChI=1S/C15H30N2OS/c1-4-19-14-7-5-6-13(14)17-15(18)9-12(10-16)8-11(2)3/h11-14H,4-10,16H2,1-3H3,(H,17,18). The molecule has 112 valence electrons. The highest BCUT2D eigenvalue weighted by Crippen LogP contribution is 2.30. The molecule has 1 amide bonds. The van der Waals surface area contributed by atoms with E-state index in [1.807, 2.05) is 11.8 Å². The maximum absolute atomic E-state index is 12.1. The van der Waals surface area contributed by atoms with E-state index in [9.17, 15) is 4.79 Å². The van der Waals surface area contributed by atoms with E-state index in [2.05, 4.69) is 26.1 Å². The summed E-state index contributed by atoms with van der Waals surface area (Å²) in [5.41, 5.74) is 5.77. The number of carbonyl (C=O) groups excluding carboxylic acids is 1. The van der Waals surface area contributed by atoms with Gasteiger partial charge in [-0.1, -0.05) is 27.2 Å². The second-order valence-corrected chi connectivity index (χ2v) is 7.55. The lowest BCUT2D eigenvalue weighted by atomic mass is 9.94. The maximum atomic E-state index is 12.1. The minimum absolute atomic E-state index is 0.199. The van der Waals surface area contributed by atoms with Crippen molar-refractivity contribution in [3.63, 3.8) is 0 Å². The van der Waals surface area contributed by atoms with Gasteiger partial charge in [0.2, 0.25) is 5.91 Å². The van der Waals surface area contributed by atoms with E-state index in [0.717, 1.165) is 18.6 Å². The molecule has 0 radical (unpaired) electrons. The van der Waals surface area contributed by atoms with Gasteiger partial charge in [-0.15, -0.1) is 0 Å². The molecule has 19 heavy (non-hydrogen) atoms. The topological polar surface area (TPSA) is 55.1 Å². The molecular formula is C15H30N2OS. The van der Waals surface area contributed by atoms with E-state index < -0.39 is 0 Å². The van der Waals surface area contributed by atoms with Crippen molar-refractivity contribution in [2.45, 2.75) is 64.2 Å². The average Bonchev–Trinajstić information content (AvgIpc) is 2.75. The predicted octanol–water partition coefficient (Wildman–Crippen LogP) is 2.79. The Hall–Kier alpha value is -0.220. The highest BCUT2D eigenvalue weighted by atomic mass is 32.2. The van der Waals surface area contributed by atoms with E-state index in [4.69, 9.17) is 5.73 Å². The summed E-state index contributed by atoms with van der Waals surface area (Å²) in [6.45, 7) is 7.18. The Bertz CT molecular complexity index is 271. The fourth-order valence-corrected chi connectivity index (χ4v) is 4.16. The van der Waals surface area contributed by atoms with E-state index in [-0.39, 0.29) is 5.91 Å². The van der Waals surface area contributed by atoms with E-state index >= 15 is 0 Å². The molecule has 0 saturated heterocycles. The van der Waals surface area contributed by atoms with Crippen LogP contribution in [0.5, 0.6) is 0 Å². The van der Waals surface area contributed by atoms with Crippen molar-refractivity contribution >= 4 is 17.7 Å². The van der Waals surface area contributed by atoms with Gasteiger partial charge < -0.3 is 11.1 Å². The largest absolute Gasteiger partial charge is 0.352 e. The molecule has 1 aliphatic rings. The molecule has 1 aliphatic carbocycles. The van der Waals surface area contributed by atoms with Crippen molar-refractivity contribution in [1.29, 1.82) is 0 Å². The van der Waals surface area contributed by atoms with E-state index in [1.54, 1.807) is 0 Å². The summed E-state index contributed by atoms with van der Waals surface area (Å²) in [7, 11) is 0. The minimum atomic E-state index is 0.199. The van der Waals surface area contributed by atoms with E-state index in [1.165, 1.54) is 12.8 Å². The summed E-state index contributed by atoms with van der Waals surface area (Å²) < 4.78 is 0. The van der Waals surface area contributed by atoms with Gasteiger partial charge in [-0.05, 0) is 43.4 Å². The Morgan fingerprint density at radius 2 is 2.16 bits per heavy atom. The van der Waals surface area contributed by atoms with Crippen molar-refractivity contribution in [3.8, 4) is 0 Å². The molecule has 4 heteroatoms. The summed E-state index contributed by atoms with van der Waals surface area (Å²) >= 11 is 1.98. The Balaban J connectivity index is 2.36. The molecule has 1 saturated carbocycles. The van der Waals surface area contributed by atoms with Crippen LogP contribution in [0, 0.1) is 11.8 Å². The van der Waals surface area contributed by atoms with Gasteiger partial charge in [0.1, 0.15) is 0 Å². The van der Waals surface area contributed by atoms with Crippen molar-refractivity contribution in [1.82, 2.24) is 5.32 Å². The molecule has 0 heterocycles. The van der Waals surface area contributed by atoms with Crippen LogP contribution in [0.1, 0.15) is 52.9 Å². The van der Waals surface area contributed by atoms with Crippen LogP contribution in [0.2, 0.25) is 0 Å². The Labute approximate surface area is 122 Å². The normalized spacial score (nSPS) is 24.7. The quantitative estimate of drug-likeness (QED) is 0.721. The van der Waals surface area contributed by atoms with Crippen LogP contribution in [0.15, 0.2) is 0 Å². The molecule has 3 unspecified atom stereocenters. The zero-order chi connectivity index (χ0) is 14.3. The third-order valence-corrected chi connectivity index (χ3v) is 5.12. The summed E-state index contributed by atoms with van der Waals surface area (Å²) in [5.74, 6) is 2.27. The molecular weight excluding hydrogens is 256 g/mol. The van der Waals surface area contributed by atoms with Crippen LogP contribution in [0.4, 0.5) is 0 Å². The van der Waals surface area contributed by atoms with Crippen LogP contribution in [-0.2, 0) is 4.79 Å². The van der Waals surface area contributed by atoms with Crippen molar-refractivity contribution < 1.29 is 4.79 Å². The number of nitrogens with one attached hydrogen (secondary N) is 1. The summed E-state index contributed by atoms with van der Waals surface area (Å²) in [6.07, 6.45) is 5.27. The number of carbonyl (C=O) groups is 1. The first-order valence-electron chi connectivity index (χ1n) is 7.67. The van der Waals surface area contributed by atoms with Gasteiger partial charge in [-0.25, -0.2) is 0 Å². The van der Waals surface area contributed by atoms with Crippen LogP contribution < -0.4 is 11.1 Å². The lowest BCUT2D eigenvalue weighted by Crippen LogP contribution is -2.40. The van der Waals surface area contributed by atoms with Gasteiger partial charge in [0.05, 0.1) is 0 Å². The van der Waals surface area contributed by atoms with Gasteiger partial charge >= 0.3 is 0 Å². The Morgan fingerprint density at radius 1 is 1.42 bits per heavy atom. The summed E-state index contributed by atoms with van der Waals surface area (Å²) in [5, 5.41) is 3.86. The number of thioether (sulfide) groups is 1. The smallest absolute Gasteiger partial charge is 0.220 e. The van der Waals surface area contributed by atoms with Crippen LogP contribution in [-0.4, -0.2) is 29.5 Å². The lowest BCUT2D eigenvalue weighted by Gasteiger charge is -2.22. The minimum Gasteiger partial charge on any atom is -0.352 e. The molecule has 0 aromatic heterocycles. The van der Waals surface area contributed by atoms with Crippen molar-refractivity contribution in [2.24, 2.45) is 17.6 Å². The monoisotopic (exact) mass is 286 g/mol. The van der Waals surface area contributed by atoms with Crippen molar-refractivity contribution in [3.05, 3.63) is 0 Å². The van der Waals surface area contributed by atoms with Gasteiger partial charge in [-0.3, -0.25) is 4.79 Å². The number of hydrogen-bond donors (Lipinski definition) is 2. The summed E-state index contributed by atoms with van der Waals surface area (Å²) in [6, 6.07) is 0.384. The first-order valence-corrected chi connectivity index (χ1v) is 8.72. The average molecular weight is 286 g/mol. The SMILES string of the molecule is CCSC1CCCC1NC(=O)CC(CN)CC(C)C. The second kappa shape index (κ2) is 8.85. The number of nitrogens with two attached hydrogens (primary N) is 1. The zero-order valence-corrected chi connectivity index (χ0v) is 13.5. The molecule has 0 aliphatic heterocycles. The fraction of sp³-hybridized carbons (Fsp3) is 0.933. The van der Waals surface area contributed by atoms with Crippen LogP contribution in [0.25, 0.3) is 0 Å². The highest BCUT2D eigenvalue weighted by molar-refractivity contribution is 7.99. The molecule has 0 spiro atoms. The van der Waals surface area contributed by atoms with Crippen molar-refractivity contribution in [2.75, 3.05) is 12.3 Å². The number of hydrogen-bond acceptors (Lipinski definition) is 3. The van der Waals surface area contributed by atoms with Crippen LogP contribution in [0.3, 0.4) is 0 Å². The third-order valence-electron chi connectivity index (χ3n) is 3.79. The van der Waals surface area contributed by atoms with Crippen LogP contribution >= 0.6 is 11.8 Å². The fourth-order valence-electron chi connectivity index (χ4n) is 2.96. The van der Waals surface area contributed by atoms with Gasteiger partial charge in [0.25, 0.3) is 0 Å². The molecule has 1 rings (SSSR count). The molecule has 1 fully saturated rings. The molecule has 0 aromatic rings. The highest BCUT2D eigenvalue weighted by Gasteiger charge is 2.28. The first kappa shape index (κ1) is 16.8. The van der Waals surface area contributed by atoms with Gasteiger partial charge in [0.15, 0.2) is 0 Å². The predicted molar refractivity (Wildman–Crippen MR) is 84.3 cm³/mol. The maximum Gasteiger partial charge on any atom is 0.220 e. The van der Waals surface area contributed by atoms with Gasteiger partial charge in [-0.2, -0.15) is 11.8 Å². The lowest BCUT2D eigenvalue weighted by molar-refractivity contribution is -0.122. The Kier molecular flexibility index (Phi) is 7.84. The second-order valence-electron chi connectivity index (χ2n) is 6.03. The molecule has 3 N–H and O–H groups in total. The number of rotatable bonds is 8. The molecule has 0 bridgehead atoms. The Morgan fingerprint density at radius 3 is 2.74 bits per heavy atom. The summed E-state index contributed by atoms with van der Waals surface area (Å²) in [4.78, 5) is 12.1. The van der Waals surface area contributed by atoms with Gasteiger partial charge in [0, 0.05) is 17.7 Å².